The summed E-state index contributed by atoms with van der Waals surface area (Å²) in [5.41, 5.74) is 1.98. The summed E-state index contributed by atoms with van der Waals surface area (Å²) < 4.78 is 7.28. The number of carbonyl (C=O) groups is 1. The number of anilines is 1. The van der Waals surface area contributed by atoms with E-state index < -0.39 is 0 Å². The third-order valence-corrected chi connectivity index (χ3v) is 5.01. The summed E-state index contributed by atoms with van der Waals surface area (Å²) in [5, 5.41) is 5.23. The molecule has 1 N–H and O–H groups in total. The van der Waals surface area contributed by atoms with Crippen LogP contribution in [-0.4, -0.2) is 22.1 Å². The van der Waals surface area contributed by atoms with Crippen LogP contribution in [0.5, 0.6) is 0 Å². The van der Waals surface area contributed by atoms with Crippen LogP contribution in [0.1, 0.15) is 10.6 Å². The summed E-state index contributed by atoms with van der Waals surface area (Å²) >= 11 is 7.52. The van der Waals surface area contributed by atoms with Gasteiger partial charge in [0.1, 0.15) is 6.54 Å². The van der Waals surface area contributed by atoms with E-state index in [-0.39, 0.29) is 12.5 Å². The first-order chi connectivity index (χ1) is 11.2. The van der Waals surface area contributed by atoms with Gasteiger partial charge in [-0.05, 0) is 23.6 Å². The van der Waals surface area contributed by atoms with E-state index in [0.717, 1.165) is 27.9 Å². The lowest BCUT2D eigenvalue weighted by molar-refractivity contribution is -0.116. The molecule has 2 aromatic heterocycles. The lowest BCUT2D eigenvalue weighted by Crippen LogP contribution is -2.18. The molecule has 7 heteroatoms. The van der Waals surface area contributed by atoms with E-state index in [1.54, 1.807) is 0 Å². The van der Waals surface area contributed by atoms with Gasteiger partial charge in [-0.25, -0.2) is 4.98 Å². The Bertz CT molecular complexity index is 863. The predicted octanol–water partition coefficient (Wildman–Crippen LogP) is 3.46. The van der Waals surface area contributed by atoms with Crippen molar-refractivity contribution in [3.8, 4) is 0 Å². The quantitative estimate of drug-likeness (QED) is 0.789. The van der Waals surface area contributed by atoms with Crippen LogP contribution in [-0.2, 0) is 29.1 Å². The van der Waals surface area contributed by atoms with Crippen LogP contribution >= 0.6 is 22.9 Å². The fourth-order valence-corrected chi connectivity index (χ4v) is 3.82. The number of hydrogen-bond acceptors (Lipinski definition) is 4. The monoisotopic (exact) mass is 347 g/mol. The highest BCUT2D eigenvalue weighted by molar-refractivity contribution is 7.15. The number of carbonyl (C=O) groups excluding carboxylic acids is 1. The summed E-state index contributed by atoms with van der Waals surface area (Å²) in [7, 11) is 0. The average molecular weight is 348 g/mol. The first kappa shape index (κ1) is 14.7. The van der Waals surface area contributed by atoms with Gasteiger partial charge in [0.05, 0.1) is 23.8 Å². The number of aromatic nitrogens is 2. The normalized spacial score (nSPS) is 14.0. The standard InChI is InChI=1S/C16H14ClN3O2S/c17-11-2-1-10-3-5-20(13(10)7-11)8-15(21)19-16-18-12-4-6-22-9-14(12)23-16/h1-3,5,7H,4,6,8-9H2,(H,18,19,21). The van der Waals surface area contributed by atoms with Crippen molar-refractivity contribution in [2.75, 3.05) is 11.9 Å². The molecule has 1 amide bonds. The summed E-state index contributed by atoms with van der Waals surface area (Å²) in [6.07, 6.45) is 2.70. The highest BCUT2D eigenvalue weighted by atomic mass is 35.5. The van der Waals surface area contributed by atoms with Gasteiger partial charge < -0.3 is 14.6 Å². The molecule has 0 fully saturated rings. The molecule has 1 aliphatic heterocycles. The molecule has 23 heavy (non-hydrogen) atoms. The summed E-state index contributed by atoms with van der Waals surface area (Å²) in [6.45, 7) is 1.51. The molecule has 0 atom stereocenters. The summed E-state index contributed by atoms with van der Waals surface area (Å²) in [6, 6.07) is 7.62. The third kappa shape index (κ3) is 2.97. The largest absolute Gasteiger partial charge is 0.375 e. The van der Waals surface area contributed by atoms with Crippen LogP contribution in [0.2, 0.25) is 5.02 Å². The fraction of sp³-hybridized carbons (Fsp3) is 0.250. The lowest BCUT2D eigenvalue weighted by Gasteiger charge is -2.08. The van der Waals surface area contributed by atoms with Gasteiger partial charge in [-0.2, -0.15) is 0 Å². The second kappa shape index (κ2) is 5.96. The number of nitrogens with one attached hydrogen (secondary N) is 1. The molecule has 0 spiro atoms. The number of nitrogens with zero attached hydrogens (tertiary/aromatic N) is 2. The zero-order valence-electron chi connectivity index (χ0n) is 12.2. The topological polar surface area (TPSA) is 56.2 Å². The van der Waals surface area contributed by atoms with E-state index in [1.807, 2.05) is 35.0 Å². The number of halogens is 1. The Morgan fingerprint density at radius 3 is 3.22 bits per heavy atom. The van der Waals surface area contributed by atoms with Crippen LogP contribution in [0.15, 0.2) is 30.5 Å². The number of thiazole rings is 1. The van der Waals surface area contributed by atoms with E-state index in [0.29, 0.717) is 23.4 Å². The van der Waals surface area contributed by atoms with Crippen LogP contribution in [0.3, 0.4) is 0 Å². The van der Waals surface area contributed by atoms with Crippen LogP contribution in [0.4, 0.5) is 5.13 Å². The average Bonchev–Trinajstić information content (AvgIpc) is 3.10. The molecule has 118 valence electrons. The minimum Gasteiger partial charge on any atom is -0.375 e. The van der Waals surface area contributed by atoms with Gasteiger partial charge in [-0.1, -0.05) is 29.0 Å². The molecule has 0 aliphatic carbocycles. The highest BCUT2D eigenvalue weighted by Crippen LogP contribution is 2.27. The molecular weight excluding hydrogens is 334 g/mol. The third-order valence-electron chi connectivity index (χ3n) is 3.79. The van der Waals surface area contributed by atoms with Crippen molar-refractivity contribution in [1.29, 1.82) is 0 Å². The molecular formula is C16H14ClN3O2S. The number of benzene rings is 1. The van der Waals surface area contributed by atoms with Crippen molar-refractivity contribution < 1.29 is 9.53 Å². The van der Waals surface area contributed by atoms with E-state index >= 15 is 0 Å². The van der Waals surface area contributed by atoms with Gasteiger partial charge in [0, 0.05) is 23.2 Å². The SMILES string of the molecule is O=C(Cn1ccc2ccc(Cl)cc21)Nc1nc2c(s1)COCC2. The summed E-state index contributed by atoms with van der Waals surface area (Å²) in [5.74, 6) is -0.102. The van der Waals surface area contributed by atoms with Crippen molar-refractivity contribution in [2.45, 2.75) is 19.6 Å². The molecule has 0 bridgehead atoms. The van der Waals surface area contributed by atoms with E-state index in [2.05, 4.69) is 10.3 Å². The molecule has 1 aromatic carbocycles. The van der Waals surface area contributed by atoms with Gasteiger partial charge >= 0.3 is 0 Å². The Morgan fingerprint density at radius 1 is 1.43 bits per heavy atom. The van der Waals surface area contributed by atoms with Gasteiger partial charge in [0.25, 0.3) is 0 Å². The number of hydrogen-bond donors (Lipinski definition) is 1. The minimum absolute atomic E-state index is 0.102. The van der Waals surface area contributed by atoms with Gasteiger partial charge in [-0.3, -0.25) is 4.79 Å². The molecule has 0 radical (unpaired) electrons. The van der Waals surface area contributed by atoms with Crippen LogP contribution < -0.4 is 5.32 Å². The lowest BCUT2D eigenvalue weighted by atomic mass is 10.2. The fourth-order valence-electron chi connectivity index (χ4n) is 2.69. The van der Waals surface area contributed by atoms with Crippen molar-refractivity contribution in [3.05, 3.63) is 46.1 Å². The Morgan fingerprint density at radius 2 is 2.35 bits per heavy atom. The van der Waals surface area contributed by atoms with Crippen molar-refractivity contribution in [3.63, 3.8) is 0 Å². The zero-order chi connectivity index (χ0) is 15.8. The molecule has 1 aliphatic rings. The van der Waals surface area contributed by atoms with Crippen LogP contribution in [0.25, 0.3) is 10.9 Å². The second-order valence-corrected chi connectivity index (χ2v) is 6.91. The minimum atomic E-state index is -0.102. The van der Waals surface area contributed by atoms with Gasteiger partial charge in [0.2, 0.25) is 5.91 Å². The van der Waals surface area contributed by atoms with Crippen molar-refractivity contribution in [1.82, 2.24) is 9.55 Å². The number of rotatable bonds is 3. The summed E-state index contributed by atoms with van der Waals surface area (Å²) in [4.78, 5) is 17.9. The Labute approximate surface area is 141 Å². The number of fused-ring (bicyclic) bond motifs is 2. The Kier molecular flexibility index (Phi) is 3.80. The van der Waals surface area contributed by atoms with Crippen LogP contribution in [0, 0.1) is 0 Å². The predicted molar refractivity (Wildman–Crippen MR) is 91.1 cm³/mol. The van der Waals surface area contributed by atoms with Crippen molar-refractivity contribution >= 4 is 44.9 Å². The molecule has 3 heterocycles. The number of ether oxygens (including phenoxy) is 1. The van der Waals surface area contributed by atoms with E-state index in [9.17, 15) is 4.79 Å². The zero-order valence-corrected chi connectivity index (χ0v) is 13.8. The molecule has 5 nitrogen and oxygen atoms in total. The maximum atomic E-state index is 12.3. The maximum Gasteiger partial charge on any atom is 0.246 e. The number of amides is 1. The van der Waals surface area contributed by atoms with E-state index in [1.165, 1.54) is 11.3 Å². The second-order valence-electron chi connectivity index (χ2n) is 5.39. The first-order valence-electron chi connectivity index (χ1n) is 7.29. The highest BCUT2D eigenvalue weighted by Gasteiger charge is 2.17. The van der Waals surface area contributed by atoms with E-state index in [4.69, 9.17) is 16.3 Å². The van der Waals surface area contributed by atoms with Crippen molar-refractivity contribution in [2.24, 2.45) is 0 Å². The maximum absolute atomic E-state index is 12.3. The van der Waals surface area contributed by atoms with Gasteiger partial charge in [-0.15, -0.1) is 0 Å². The first-order valence-corrected chi connectivity index (χ1v) is 8.49. The molecule has 3 aromatic rings. The molecule has 0 unspecified atom stereocenters. The molecule has 4 rings (SSSR count). The Hall–Kier alpha value is -1.89. The Balaban J connectivity index is 1.51. The van der Waals surface area contributed by atoms with Gasteiger partial charge in [0.15, 0.2) is 5.13 Å². The molecule has 0 saturated heterocycles. The smallest absolute Gasteiger partial charge is 0.246 e. The molecule has 0 saturated carbocycles.